The molecule has 0 fully saturated rings. The van der Waals surface area contributed by atoms with E-state index >= 15 is 0 Å². The van der Waals surface area contributed by atoms with Crippen LogP contribution in [0.15, 0.2) is 34.3 Å². The normalized spacial score (nSPS) is 10.5. The Morgan fingerprint density at radius 1 is 1.32 bits per heavy atom. The number of nitrogens with one attached hydrogen (secondary N) is 1. The fourth-order valence-corrected chi connectivity index (χ4v) is 2.53. The van der Waals surface area contributed by atoms with E-state index in [9.17, 15) is 4.39 Å². The van der Waals surface area contributed by atoms with E-state index in [4.69, 9.17) is 0 Å². The molecule has 0 spiro atoms. The molecule has 0 atom stereocenters. The van der Waals surface area contributed by atoms with Crippen molar-refractivity contribution in [1.82, 2.24) is 9.97 Å². The number of aryl methyl sites for hydroxylation is 2. The Morgan fingerprint density at radius 2 is 2.11 bits per heavy atom. The van der Waals surface area contributed by atoms with Gasteiger partial charge in [0.15, 0.2) is 5.82 Å². The van der Waals surface area contributed by atoms with E-state index in [2.05, 4.69) is 21.4 Å². The summed E-state index contributed by atoms with van der Waals surface area (Å²) in [4.78, 5) is 9.09. The first-order valence-electron chi connectivity index (χ1n) is 6.11. The van der Waals surface area contributed by atoms with Crippen molar-refractivity contribution in [2.24, 2.45) is 0 Å². The number of halogens is 1. The molecule has 1 aromatic carbocycles. The second-order valence-corrected chi connectivity index (χ2v) is 5.28. The lowest BCUT2D eigenvalue weighted by Gasteiger charge is -2.08. The van der Waals surface area contributed by atoms with E-state index in [1.54, 1.807) is 0 Å². The van der Waals surface area contributed by atoms with Gasteiger partial charge in [0, 0.05) is 11.4 Å². The predicted octanol–water partition coefficient (Wildman–Crippen LogP) is 3.82. The van der Waals surface area contributed by atoms with Crippen molar-refractivity contribution in [2.45, 2.75) is 30.7 Å². The van der Waals surface area contributed by atoms with Gasteiger partial charge in [0.25, 0.3) is 0 Å². The molecule has 0 bridgehead atoms. The molecule has 100 valence electrons. The van der Waals surface area contributed by atoms with Crippen LogP contribution in [0.25, 0.3) is 0 Å². The van der Waals surface area contributed by atoms with Gasteiger partial charge in [-0.25, -0.2) is 14.4 Å². The molecule has 0 amide bonds. The molecule has 0 unspecified atom stereocenters. The second kappa shape index (κ2) is 6.02. The molecule has 1 aromatic heterocycles. The molecule has 3 nitrogen and oxygen atoms in total. The molecule has 5 heteroatoms. The minimum absolute atomic E-state index is 0.345. The first kappa shape index (κ1) is 13.8. The van der Waals surface area contributed by atoms with Crippen LogP contribution < -0.4 is 5.32 Å². The number of hydrogen-bond donors (Lipinski definition) is 1. The van der Waals surface area contributed by atoms with E-state index in [1.165, 1.54) is 23.5 Å². The third-order valence-corrected chi connectivity index (χ3v) is 3.74. The lowest BCUT2D eigenvalue weighted by Crippen LogP contribution is -2.03. The fourth-order valence-electron chi connectivity index (χ4n) is 1.68. The van der Waals surface area contributed by atoms with Gasteiger partial charge in [0.2, 0.25) is 5.95 Å². The van der Waals surface area contributed by atoms with Gasteiger partial charge in [-0.05, 0) is 32.4 Å². The maximum absolute atomic E-state index is 13.7. The Kier molecular flexibility index (Phi) is 4.37. The molecular formula is C14H16FN3S. The zero-order valence-corrected chi connectivity index (χ0v) is 12.0. The molecule has 0 aliphatic carbocycles. The Balaban J connectivity index is 2.29. The highest BCUT2D eigenvalue weighted by Crippen LogP contribution is 2.31. The van der Waals surface area contributed by atoms with Crippen molar-refractivity contribution >= 4 is 17.7 Å². The highest BCUT2D eigenvalue weighted by Gasteiger charge is 2.10. The molecule has 0 aliphatic heterocycles. The number of anilines is 1. The van der Waals surface area contributed by atoms with Crippen LogP contribution in [-0.4, -0.2) is 16.5 Å². The summed E-state index contributed by atoms with van der Waals surface area (Å²) in [7, 11) is 0. The largest absolute Gasteiger partial charge is 0.354 e. The van der Waals surface area contributed by atoms with Crippen molar-refractivity contribution in [2.75, 3.05) is 11.9 Å². The summed E-state index contributed by atoms with van der Waals surface area (Å²) in [6.45, 7) is 6.71. The molecule has 0 saturated heterocycles. The van der Waals surface area contributed by atoms with E-state index < -0.39 is 5.82 Å². The maximum Gasteiger partial charge on any atom is 0.223 e. The maximum atomic E-state index is 13.7. The van der Waals surface area contributed by atoms with Crippen LogP contribution in [0.3, 0.4) is 0 Å². The minimum atomic E-state index is -0.397. The zero-order chi connectivity index (χ0) is 13.8. The smallest absolute Gasteiger partial charge is 0.223 e. The minimum Gasteiger partial charge on any atom is -0.354 e. The van der Waals surface area contributed by atoms with Crippen molar-refractivity contribution < 1.29 is 4.39 Å². The van der Waals surface area contributed by atoms with Gasteiger partial charge >= 0.3 is 0 Å². The average Bonchev–Trinajstić information content (AvgIpc) is 2.37. The van der Waals surface area contributed by atoms with Gasteiger partial charge in [-0.2, -0.15) is 0 Å². The standard InChI is InChI=1S/C14H16FN3S/c1-4-16-14-17-8-11(15)13(18-14)19-12-6-5-9(2)7-10(12)3/h5-8H,4H2,1-3H3,(H,16,17,18). The number of aromatic nitrogens is 2. The van der Waals surface area contributed by atoms with Gasteiger partial charge in [0.05, 0.1) is 6.20 Å². The molecule has 1 N–H and O–H groups in total. The molecular weight excluding hydrogens is 261 g/mol. The predicted molar refractivity (Wildman–Crippen MR) is 76.2 cm³/mol. The van der Waals surface area contributed by atoms with Crippen LogP contribution in [0.2, 0.25) is 0 Å². The topological polar surface area (TPSA) is 37.8 Å². The molecule has 0 saturated carbocycles. The molecule has 2 rings (SSSR count). The molecule has 0 radical (unpaired) electrons. The number of nitrogens with zero attached hydrogens (tertiary/aromatic N) is 2. The van der Waals surface area contributed by atoms with Gasteiger partial charge in [-0.15, -0.1) is 0 Å². The van der Waals surface area contributed by atoms with Crippen LogP contribution in [0, 0.1) is 19.7 Å². The van der Waals surface area contributed by atoms with Crippen molar-refractivity contribution in [3.05, 3.63) is 41.3 Å². The Hall–Kier alpha value is -1.62. The Morgan fingerprint density at radius 3 is 2.79 bits per heavy atom. The van der Waals surface area contributed by atoms with E-state index in [0.29, 0.717) is 17.5 Å². The van der Waals surface area contributed by atoms with Crippen LogP contribution in [0.5, 0.6) is 0 Å². The van der Waals surface area contributed by atoms with Gasteiger partial charge in [0.1, 0.15) is 5.03 Å². The van der Waals surface area contributed by atoms with E-state index in [1.807, 2.05) is 32.9 Å². The second-order valence-electron chi connectivity index (χ2n) is 4.25. The number of hydrogen-bond acceptors (Lipinski definition) is 4. The van der Waals surface area contributed by atoms with Crippen molar-refractivity contribution in [3.63, 3.8) is 0 Å². The summed E-state index contributed by atoms with van der Waals surface area (Å²) in [6.07, 6.45) is 1.21. The lowest BCUT2D eigenvalue weighted by atomic mass is 10.2. The number of benzene rings is 1. The average molecular weight is 277 g/mol. The van der Waals surface area contributed by atoms with Crippen molar-refractivity contribution in [1.29, 1.82) is 0 Å². The molecule has 1 heterocycles. The van der Waals surface area contributed by atoms with Gasteiger partial charge in [-0.1, -0.05) is 29.5 Å². The van der Waals surface area contributed by atoms with Crippen LogP contribution >= 0.6 is 11.8 Å². The lowest BCUT2D eigenvalue weighted by molar-refractivity contribution is 0.580. The Labute approximate surface area is 116 Å². The van der Waals surface area contributed by atoms with Crippen LogP contribution in [-0.2, 0) is 0 Å². The summed E-state index contributed by atoms with van der Waals surface area (Å²) < 4.78 is 13.7. The first-order chi connectivity index (χ1) is 9.10. The quantitative estimate of drug-likeness (QED) is 0.862. The SMILES string of the molecule is CCNc1ncc(F)c(Sc2ccc(C)cc2C)n1. The van der Waals surface area contributed by atoms with Gasteiger partial charge in [-0.3, -0.25) is 0 Å². The van der Waals surface area contributed by atoms with Crippen LogP contribution in [0.1, 0.15) is 18.1 Å². The third kappa shape index (κ3) is 3.44. The monoisotopic (exact) mass is 277 g/mol. The van der Waals surface area contributed by atoms with E-state index in [-0.39, 0.29) is 0 Å². The zero-order valence-electron chi connectivity index (χ0n) is 11.2. The highest BCUT2D eigenvalue weighted by atomic mass is 32.2. The van der Waals surface area contributed by atoms with Gasteiger partial charge < -0.3 is 5.32 Å². The van der Waals surface area contributed by atoms with Crippen LogP contribution in [0.4, 0.5) is 10.3 Å². The van der Waals surface area contributed by atoms with Crippen molar-refractivity contribution in [3.8, 4) is 0 Å². The summed E-state index contributed by atoms with van der Waals surface area (Å²) in [5.74, 6) is 0.0581. The first-order valence-corrected chi connectivity index (χ1v) is 6.93. The molecule has 0 aliphatic rings. The summed E-state index contributed by atoms with van der Waals surface area (Å²) in [5.41, 5.74) is 2.31. The summed E-state index contributed by atoms with van der Waals surface area (Å²) >= 11 is 1.32. The highest BCUT2D eigenvalue weighted by molar-refractivity contribution is 7.99. The summed E-state index contributed by atoms with van der Waals surface area (Å²) in [6, 6.07) is 6.08. The summed E-state index contributed by atoms with van der Waals surface area (Å²) in [5, 5.41) is 3.33. The molecule has 19 heavy (non-hydrogen) atoms. The van der Waals surface area contributed by atoms with E-state index in [0.717, 1.165) is 10.5 Å². The molecule has 2 aromatic rings. The third-order valence-electron chi connectivity index (χ3n) is 2.58. The fraction of sp³-hybridized carbons (Fsp3) is 0.286. The Bertz CT molecular complexity index is 587. The number of rotatable bonds is 4.